The minimum absolute atomic E-state index is 0.614. The van der Waals surface area contributed by atoms with Gasteiger partial charge in [0.25, 0.3) is 0 Å². The number of hydrogen-bond acceptors (Lipinski definition) is 5. The number of aromatic nitrogens is 4. The largest absolute Gasteiger partial charge is 0.456 e. The number of nitrogens with zero attached hydrogens (tertiary/aromatic N) is 4. The zero-order valence-electron chi connectivity index (χ0n) is 28.4. The monoisotopic (exact) mass is 676 g/mol. The van der Waals surface area contributed by atoms with Crippen LogP contribution in [0.25, 0.3) is 110 Å². The Morgan fingerprint density at radius 1 is 0.358 bits per heavy atom. The van der Waals surface area contributed by atoms with E-state index in [9.17, 15) is 0 Å². The smallest absolute Gasteiger partial charge is 0.164 e. The highest BCUT2D eigenvalue weighted by atomic mass is 16.3. The van der Waals surface area contributed by atoms with Crippen LogP contribution in [-0.4, -0.2) is 19.9 Å². The van der Waals surface area contributed by atoms with Crippen molar-refractivity contribution in [3.8, 4) is 45.3 Å². The maximum atomic E-state index is 6.31. The number of furan rings is 1. The lowest BCUT2D eigenvalue weighted by molar-refractivity contribution is 0.669. The van der Waals surface area contributed by atoms with Crippen molar-refractivity contribution in [1.82, 2.24) is 19.9 Å². The predicted octanol–water partition coefficient (Wildman–Crippen LogP) is 12.4. The van der Waals surface area contributed by atoms with Crippen LogP contribution in [0.15, 0.2) is 174 Å². The fourth-order valence-corrected chi connectivity index (χ4v) is 7.86. The summed E-state index contributed by atoms with van der Waals surface area (Å²) >= 11 is 0. The van der Waals surface area contributed by atoms with Crippen LogP contribution in [-0.2, 0) is 0 Å². The molecule has 53 heavy (non-hydrogen) atoms. The second kappa shape index (κ2) is 11.7. The van der Waals surface area contributed by atoms with Gasteiger partial charge in [0, 0.05) is 39.0 Å². The summed E-state index contributed by atoms with van der Waals surface area (Å²) in [4.78, 5) is 20.0. The molecule has 0 fully saturated rings. The average molecular weight is 677 g/mol. The quantitative estimate of drug-likeness (QED) is 0.174. The van der Waals surface area contributed by atoms with E-state index in [1.807, 2.05) is 60.8 Å². The lowest BCUT2D eigenvalue weighted by Gasteiger charge is -2.13. The van der Waals surface area contributed by atoms with Crippen molar-refractivity contribution in [2.75, 3.05) is 0 Å². The highest BCUT2D eigenvalue weighted by molar-refractivity contribution is 6.17. The first kappa shape index (κ1) is 29.5. The molecule has 0 amide bonds. The van der Waals surface area contributed by atoms with Crippen molar-refractivity contribution in [3.05, 3.63) is 170 Å². The Labute approximate surface area is 303 Å². The van der Waals surface area contributed by atoms with Crippen LogP contribution in [0.3, 0.4) is 0 Å². The lowest BCUT2D eigenvalue weighted by atomic mass is 9.92. The first-order valence-electron chi connectivity index (χ1n) is 17.7. The van der Waals surface area contributed by atoms with Crippen LogP contribution in [0.1, 0.15) is 0 Å². The van der Waals surface area contributed by atoms with Crippen LogP contribution in [0, 0.1) is 0 Å². The zero-order chi connectivity index (χ0) is 34.9. The average Bonchev–Trinajstić information content (AvgIpc) is 3.62. The molecule has 5 heteroatoms. The summed E-state index contributed by atoms with van der Waals surface area (Å²) in [5.74, 6) is 1.86. The van der Waals surface area contributed by atoms with Gasteiger partial charge < -0.3 is 4.42 Å². The number of pyridine rings is 1. The van der Waals surface area contributed by atoms with E-state index in [1.54, 1.807) is 0 Å². The van der Waals surface area contributed by atoms with Gasteiger partial charge in [-0.25, -0.2) is 15.0 Å². The van der Waals surface area contributed by atoms with Gasteiger partial charge in [0.2, 0.25) is 0 Å². The highest BCUT2D eigenvalue weighted by Crippen LogP contribution is 2.41. The molecule has 0 bridgehead atoms. The topological polar surface area (TPSA) is 64.7 Å². The predicted molar refractivity (Wildman–Crippen MR) is 217 cm³/mol. The first-order valence-corrected chi connectivity index (χ1v) is 17.7. The van der Waals surface area contributed by atoms with Crippen LogP contribution >= 0.6 is 0 Å². The molecule has 0 radical (unpaired) electrons. The Morgan fingerprint density at radius 2 is 1.02 bits per heavy atom. The zero-order valence-corrected chi connectivity index (χ0v) is 28.4. The van der Waals surface area contributed by atoms with Crippen molar-refractivity contribution < 1.29 is 4.42 Å². The molecule has 246 valence electrons. The normalized spacial score (nSPS) is 11.8. The van der Waals surface area contributed by atoms with E-state index in [0.29, 0.717) is 17.5 Å². The van der Waals surface area contributed by atoms with E-state index in [0.717, 1.165) is 76.8 Å². The minimum atomic E-state index is 0.614. The molecular weight excluding hydrogens is 649 g/mol. The van der Waals surface area contributed by atoms with Crippen LogP contribution in [0.2, 0.25) is 0 Å². The van der Waals surface area contributed by atoms with E-state index in [2.05, 4.69) is 114 Å². The van der Waals surface area contributed by atoms with E-state index < -0.39 is 0 Å². The Kier molecular flexibility index (Phi) is 6.48. The third-order valence-corrected chi connectivity index (χ3v) is 10.3. The van der Waals surface area contributed by atoms with Gasteiger partial charge in [-0.2, -0.15) is 0 Å². The Hall–Kier alpha value is -7.24. The molecule has 8 aromatic carbocycles. The van der Waals surface area contributed by atoms with Gasteiger partial charge in [0.1, 0.15) is 11.2 Å². The Bertz CT molecular complexity index is 3240. The first-order chi connectivity index (χ1) is 26.2. The van der Waals surface area contributed by atoms with E-state index in [1.165, 1.54) is 16.2 Å². The van der Waals surface area contributed by atoms with Crippen molar-refractivity contribution >= 4 is 65.2 Å². The molecule has 3 aromatic heterocycles. The molecule has 5 nitrogen and oxygen atoms in total. The summed E-state index contributed by atoms with van der Waals surface area (Å²) < 4.78 is 6.31. The lowest BCUT2D eigenvalue weighted by Crippen LogP contribution is -2.00. The SMILES string of the molecule is c1ccc(-c2nc(-c3cc(-c4cccc5oc6ccccc6c45)c4ccccc4c3)nc(-c3ccc4c(ccc5c6cccnc6ccc45)c3)n2)cc1. The highest BCUT2D eigenvalue weighted by Gasteiger charge is 2.18. The maximum Gasteiger partial charge on any atom is 0.164 e. The maximum absolute atomic E-state index is 6.31. The third-order valence-electron chi connectivity index (χ3n) is 10.3. The molecule has 0 spiro atoms. The fourth-order valence-electron chi connectivity index (χ4n) is 7.86. The molecule has 11 rings (SSSR count). The Balaban J connectivity index is 1.13. The minimum Gasteiger partial charge on any atom is -0.456 e. The number of para-hydroxylation sites is 1. The molecule has 0 saturated heterocycles. The van der Waals surface area contributed by atoms with Crippen molar-refractivity contribution in [2.45, 2.75) is 0 Å². The standard InChI is InChI=1S/C48H28N4O/c1-2-10-29(11-3-1)46-50-47(32-20-21-35-31(26-32)19-22-37-36(35)23-24-42-38(37)16-9-25-49-42)52-48(51-46)33-27-30-12-4-5-13-34(30)41(28-33)39-15-8-18-44-45(39)40-14-6-7-17-43(40)53-44/h1-28H. The second-order valence-corrected chi connectivity index (χ2v) is 13.4. The summed E-state index contributed by atoms with van der Waals surface area (Å²) in [7, 11) is 0. The third kappa shape index (κ3) is 4.79. The molecule has 11 aromatic rings. The van der Waals surface area contributed by atoms with E-state index in [4.69, 9.17) is 19.4 Å². The van der Waals surface area contributed by atoms with Crippen LogP contribution in [0.4, 0.5) is 0 Å². The molecule has 0 saturated carbocycles. The fraction of sp³-hybridized carbons (Fsp3) is 0. The molecule has 3 heterocycles. The summed E-state index contributed by atoms with van der Waals surface area (Å²) in [6.45, 7) is 0. The van der Waals surface area contributed by atoms with Crippen LogP contribution < -0.4 is 0 Å². The van der Waals surface area contributed by atoms with E-state index in [-0.39, 0.29) is 0 Å². The molecule has 0 aliphatic rings. The number of hydrogen-bond donors (Lipinski definition) is 0. The van der Waals surface area contributed by atoms with Crippen LogP contribution in [0.5, 0.6) is 0 Å². The van der Waals surface area contributed by atoms with Gasteiger partial charge in [-0.3, -0.25) is 4.98 Å². The molecule has 0 atom stereocenters. The van der Waals surface area contributed by atoms with Gasteiger partial charge in [-0.15, -0.1) is 0 Å². The number of benzene rings is 8. The number of rotatable bonds is 4. The summed E-state index contributed by atoms with van der Waals surface area (Å²) in [5, 5.41) is 10.3. The van der Waals surface area contributed by atoms with Gasteiger partial charge in [0.05, 0.1) is 5.52 Å². The van der Waals surface area contributed by atoms with Gasteiger partial charge >= 0.3 is 0 Å². The molecule has 0 N–H and O–H groups in total. The Morgan fingerprint density at radius 3 is 1.92 bits per heavy atom. The number of fused-ring (bicyclic) bond motifs is 9. The summed E-state index contributed by atoms with van der Waals surface area (Å²) in [6.07, 6.45) is 1.84. The molecule has 0 unspecified atom stereocenters. The molecule has 0 aliphatic carbocycles. The molecule has 0 aliphatic heterocycles. The van der Waals surface area contributed by atoms with Crippen molar-refractivity contribution in [1.29, 1.82) is 0 Å². The molecular formula is C48H28N4O. The van der Waals surface area contributed by atoms with Gasteiger partial charge in [-0.05, 0) is 85.9 Å². The summed E-state index contributed by atoms with van der Waals surface area (Å²) in [6, 6.07) is 56.9. The van der Waals surface area contributed by atoms with Crippen molar-refractivity contribution in [2.24, 2.45) is 0 Å². The van der Waals surface area contributed by atoms with Crippen molar-refractivity contribution in [3.63, 3.8) is 0 Å². The van der Waals surface area contributed by atoms with Gasteiger partial charge in [0.15, 0.2) is 17.5 Å². The van der Waals surface area contributed by atoms with E-state index >= 15 is 0 Å². The summed E-state index contributed by atoms with van der Waals surface area (Å²) in [5.41, 5.74) is 7.70. The van der Waals surface area contributed by atoms with Gasteiger partial charge in [-0.1, -0.05) is 121 Å². The second-order valence-electron chi connectivity index (χ2n) is 13.4.